The number of likely N-dealkylation sites (tertiary alicyclic amines) is 2. The van der Waals surface area contributed by atoms with Crippen molar-refractivity contribution >= 4 is 23.4 Å². The molecule has 0 bridgehead atoms. The summed E-state index contributed by atoms with van der Waals surface area (Å²) in [4.78, 5) is 29.2. The molecule has 6 nitrogen and oxygen atoms in total. The maximum Gasteiger partial charge on any atom is 0.241 e. The smallest absolute Gasteiger partial charge is 0.241 e. The third kappa shape index (κ3) is 3.98. The molecular weight excluding hydrogens is 364 g/mol. The molecule has 4 rings (SSSR count). The number of piperidine rings is 1. The molecule has 0 aromatic heterocycles. The molecule has 0 aliphatic carbocycles. The predicted molar refractivity (Wildman–Crippen MR) is 104 cm³/mol. The Labute approximate surface area is 165 Å². The Bertz CT molecular complexity index is 715. The SMILES string of the molecule is CC1CC(C(=O)N2CCC3(CC2)CC(=O)N(Cc2ccc(Cl)cc2)C3)NN1. The summed E-state index contributed by atoms with van der Waals surface area (Å²) in [6, 6.07) is 7.88. The third-order valence-corrected chi connectivity index (χ3v) is 6.47. The fourth-order valence-electron chi connectivity index (χ4n) is 4.57. The summed E-state index contributed by atoms with van der Waals surface area (Å²) in [6.45, 7) is 4.98. The lowest BCUT2D eigenvalue weighted by molar-refractivity contribution is -0.135. The molecule has 1 aromatic carbocycles. The van der Waals surface area contributed by atoms with Crippen molar-refractivity contribution in [3.63, 3.8) is 0 Å². The van der Waals surface area contributed by atoms with Gasteiger partial charge in [0.1, 0.15) is 6.04 Å². The van der Waals surface area contributed by atoms with Crippen molar-refractivity contribution < 1.29 is 9.59 Å². The molecule has 0 saturated carbocycles. The molecular formula is C20H27ClN4O2. The standard InChI is InChI=1S/C20H27ClN4O2/c1-14-10-17(23-22-14)19(27)24-8-6-20(7-9-24)11-18(26)25(13-20)12-15-2-4-16(21)5-3-15/h2-5,14,17,22-23H,6-13H2,1H3. The van der Waals surface area contributed by atoms with Crippen molar-refractivity contribution in [1.82, 2.24) is 20.7 Å². The molecule has 3 saturated heterocycles. The Kier molecular flexibility index (Phi) is 5.14. The van der Waals surface area contributed by atoms with E-state index in [0.717, 1.165) is 44.5 Å². The molecule has 3 aliphatic rings. The Morgan fingerprint density at radius 2 is 1.93 bits per heavy atom. The van der Waals surface area contributed by atoms with Gasteiger partial charge in [-0.2, -0.15) is 0 Å². The number of carbonyl (C=O) groups excluding carboxylic acids is 2. The quantitative estimate of drug-likeness (QED) is 0.827. The highest BCUT2D eigenvalue weighted by Crippen LogP contribution is 2.41. The lowest BCUT2D eigenvalue weighted by Crippen LogP contribution is -2.50. The van der Waals surface area contributed by atoms with Gasteiger partial charge in [-0.25, -0.2) is 5.43 Å². The van der Waals surface area contributed by atoms with Crippen molar-refractivity contribution in [2.24, 2.45) is 5.41 Å². The number of nitrogens with zero attached hydrogens (tertiary/aromatic N) is 2. The van der Waals surface area contributed by atoms with Crippen molar-refractivity contribution in [2.45, 2.75) is 51.2 Å². The Morgan fingerprint density at radius 1 is 1.22 bits per heavy atom. The highest BCUT2D eigenvalue weighted by Gasteiger charge is 2.46. The summed E-state index contributed by atoms with van der Waals surface area (Å²) < 4.78 is 0. The number of carbonyl (C=O) groups is 2. The summed E-state index contributed by atoms with van der Waals surface area (Å²) in [6.07, 6.45) is 3.23. The average molecular weight is 391 g/mol. The maximum atomic E-state index is 12.7. The fourth-order valence-corrected chi connectivity index (χ4v) is 4.70. The molecule has 2 unspecified atom stereocenters. The highest BCUT2D eigenvalue weighted by molar-refractivity contribution is 6.30. The van der Waals surface area contributed by atoms with E-state index in [2.05, 4.69) is 17.8 Å². The normalized spacial score (nSPS) is 27.6. The summed E-state index contributed by atoms with van der Waals surface area (Å²) in [5.74, 6) is 0.407. The van der Waals surface area contributed by atoms with Crippen molar-refractivity contribution in [3.05, 3.63) is 34.9 Å². The molecule has 3 aliphatic heterocycles. The van der Waals surface area contributed by atoms with Crippen LogP contribution in [0.3, 0.4) is 0 Å². The molecule has 0 radical (unpaired) electrons. The first kappa shape index (κ1) is 18.7. The van der Waals surface area contributed by atoms with Gasteiger partial charge in [-0.15, -0.1) is 0 Å². The van der Waals surface area contributed by atoms with E-state index in [1.54, 1.807) is 0 Å². The minimum Gasteiger partial charge on any atom is -0.341 e. The monoisotopic (exact) mass is 390 g/mol. The summed E-state index contributed by atoms with van der Waals surface area (Å²) >= 11 is 5.95. The van der Waals surface area contributed by atoms with Gasteiger partial charge in [0.25, 0.3) is 0 Å². The van der Waals surface area contributed by atoms with E-state index in [-0.39, 0.29) is 23.3 Å². The lowest BCUT2D eigenvalue weighted by Gasteiger charge is -2.39. The number of rotatable bonds is 3. The summed E-state index contributed by atoms with van der Waals surface area (Å²) in [7, 11) is 0. The fraction of sp³-hybridized carbons (Fsp3) is 0.600. The average Bonchev–Trinajstić information content (AvgIpc) is 3.21. The van der Waals surface area contributed by atoms with E-state index in [0.29, 0.717) is 24.0 Å². The van der Waals surface area contributed by atoms with Crippen LogP contribution in [0.4, 0.5) is 0 Å². The molecule has 1 spiro atoms. The van der Waals surface area contributed by atoms with Crippen LogP contribution in [0.2, 0.25) is 5.02 Å². The van der Waals surface area contributed by atoms with Crippen LogP contribution < -0.4 is 10.9 Å². The number of benzene rings is 1. The molecule has 146 valence electrons. The minimum absolute atomic E-state index is 0.0228. The van der Waals surface area contributed by atoms with Crippen LogP contribution in [0.5, 0.6) is 0 Å². The number of hydrogen-bond acceptors (Lipinski definition) is 4. The molecule has 1 aromatic rings. The third-order valence-electron chi connectivity index (χ3n) is 6.22. The van der Waals surface area contributed by atoms with Crippen molar-refractivity contribution in [2.75, 3.05) is 19.6 Å². The van der Waals surface area contributed by atoms with E-state index in [1.165, 1.54) is 0 Å². The van der Waals surface area contributed by atoms with Gasteiger partial charge in [0.2, 0.25) is 11.8 Å². The second-order valence-corrected chi connectivity index (χ2v) is 8.79. The maximum absolute atomic E-state index is 12.7. The number of amides is 2. The minimum atomic E-state index is -0.124. The first-order valence-electron chi connectivity index (χ1n) is 9.76. The van der Waals surface area contributed by atoms with Gasteiger partial charge in [0.15, 0.2) is 0 Å². The largest absolute Gasteiger partial charge is 0.341 e. The van der Waals surface area contributed by atoms with Gasteiger partial charge in [-0.1, -0.05) is 23.7 Å². The van der Waals surface area contributed by atoms with Crippen LogP contribution in [0.1, 0.15) is 38.2 Å². The molecule has 3 fully saturated rings. The highest BCUT2D eigenvalue weighted by atomic mass is 35.5. The van der Waals surface area contributed by atoms with E-state index in [1.807, 2.05) is 34.1 Å². The first-order valence-corrected chi connectivity index (χ1v) is 10.1. The first-order chi connectivity index (χ1) is 12.9. The van der Waals surface area contributed by atoms with Gasteiger partial charge in [-0.05, 0) is 43.9 Å². The van der Waals surface area contributed by atoms with E-state index in [9.17, 15) is 9.59 Å². The zero-order valence-corrected chi connectivity index (χ0v) is 16.5. The molecule has 27 heavy (non-hydrogen) atoms. The van der Waals surface area contributed by atoms with E-state index >= 15 is 0 Å². The second kappa shape index (κ2) is 7.41. The number of halogens is 1. The number of hydrazine groups is 1. The topological polar surface area (TPSA) is 64.7 Å². The zero-order valence-electron chi connectivity index (χ0n) is 15.7. The lowest BCUT2D eigenvalue weighted by atomic mass is 9.77. The Balaban J connectivity index is 1.33. The predicted octanol–water partition coefficient (Wildman–Crippen LogP) is 1.94. The van der Waals surface area contributed by atoms with Crippen LogP contribution in [-0.2, 0) is 16.1 Å². The van der Waals surface area contributed by atoms with E-state index < -0.39 is 0 Å². The van der Waals surface area contributed by atoms with Gasteiger partial charge in [-0.3, -0.25) is 15.0 Å². The van der Waals surface area contributed by atoms with Gasteiger partial charge in [0.05, 0.1) is 0 Å². The van der Waals surface area contributed by atoms with E-state index in [4.69, 9.17) is 11.6 Å². The molecule has 2 amide bonds. The van der Waals surface area contributed by atoms with Gasteiger partial charge >= 0.3 is 0 Å². The van der Waals surface area contributed by atoms with Crippen LogP contribution in [-0.4, -0.2) is 53.3 Å². The summed E-state index contributed by atoms with van der Waals surface area (Å²) in [5.41, 5.74) is 7.34. The van der Waals surface area contributed by atoms with Crippen molar-refractivity contribution in [3.8, 4) is 0 Å². The molecule has 7 heteroatoms. The zero-order chi connectivity index (χ0) is 19.0. The Hall–Kier alpha value is -1.63. The van der Waals surface area contributed by atoms with Crippen LogP contribution in [0, 0.1) is 5.41 Å². The van der Waals surface area contributed by atoms with Crippen LogP contribution in [0.15, 0.2) is 24.3 Å². The Morgan fingerprint density at radius 3 is 2.56 bits per heavy atom. The van der Waals surface area contributed by atoms with Gasteiger partial charge < -0.3 is 9.80 Å². The number of nitrogens with one attached hydrogen (secondary N) is 2. The molecule has 3 heterocycles. The summed E-state index contributed by atoms with van der Waals surface area (Å²) in [5, 5.41) is 0.710. The van der Waals surface area contributed by atoms with Crippen LogP contribution in [0.25, 0.3) is 0 Å². The van der Waals surface area contributed by atoms with Crippen molar-refractivity contribution in [1.29, 1.82) is 0 Å². The second-order valence-electron chi connectivity index (χ2n) is 8.36. The molecule has 2 N–H and O–H groups in total. The van der Waals surface area contributed by atoms with Gasteiger partial charge in [0, 0.05) is 49.1 Å². The molecule has 2 atom stereocenters. The number of hydrogen-bond donors (Lipinski definition) is 2. The van der Waals surface area contributed by atoms with Crippen LogP contribution >= 0.6 is 11.6 Å².